The maximum atomic E-state index is 5.78. The number of imidazole rings is 1. The second-order valence-corrected chi connectivity index (χ2v) is 4.59. The Morgan fingerprint density at radius 1 is 1.53 bits per heavy atom. The number of nitrogens with two attached hydrogens (primary N) is 1. The van der Waals surface area contributed by atoms with Gasteiger partial charge in [0.05, 0.1) is 6.04 Å². The predicted molar refractivity (Wildman–Crippen MR) is 60.7 cm³/mol. The number of nitrogens with one attached hydrogen (secondary N) is 1. The molecule has 2 heterocycles. The minimum Gasteiger partial charge on any atom is -0.344 e. The van der Waals surface area contributed by atoms with Gasteiger partial charge in [0, 0.05) is 17.8 Å². The van der Waals surface area contributed by atoms with Crippen LogP contribution in [0.5, 0.6) is 0 Å². The van der Waals surface area contributed by atoms with E-state index in [1.165, 1.54) is 31.6 Å². The van der Waals surface area contributed by atoms with Crippen LogP contribution in [0.4, 0.5) is 0 Å². The second-order valence-electron chi connectivity index (χ2n) is 4.59. The molecule has 3 N–H and O–H groups in total. The molecular formula is C11H20N4. The number of H-pyrrole nitrogens is 1. The molecule has 1 aromatic rings. The van der Waals surface area contributed by atoms with Crippen molar-refractivity contribution in [2.45, 2.75) is 31.7 Å². The smallest absolute Gasteiger partial charge is 0.122 e. The molecule has 0 amide bonds. The molecule has 1 atom stereocenters. The lowest BCUT2D eigenvalue weighted by Gasteiger charge is -2.28. The molecule has 0 radical (unpaired) electrons. The molecular weight excluding hydrogens is 188 g/mol. The van der Waals surface area contributed by atoms with E-state index in [0.717, 1.165) is 5.82 Å². The molecule has 1 aliphatic rings. The van der Waals surface area contributed by atoms with E-state index in [1.54, 1.807) is 0 Å². The fourth-order valence-corrected chi connectivity index (χ4v) is 2.11. The van der Waals surface area contributed by atoms with Gasteiger partial charge in [-0.2, -0.15) is 0 Å². The molecule has 0 bridgehead atoms. The largest absolute Gasteiger partial charge is 0.344 e. The van der Waals surface area contributed by atoms with Crippen LogP contribution in [0.2, 0.25) is 0 Å². The molecule has 1 fully saturated rings. The van der Waals surface area contributed by atoms with Crippen LogP contribution in [0.3, 0.4) is 0 Å². The number of piperidine rings is 1. The molecule has 4 nitrogen and oxygen atoms in total. The number of aromatic amines is 1. The molecule has 1 saturated heterocycles. The Morgan fingerprint density at radius 3 is 2.73 bits per heavy atom. The Morgan fingerprint density at radius 2 is 2.20 bits per heavy atom. The van der Waals surface area contributed by atoms with Crippen molar-refractivity contribution in [3.8, 4) is 0 Å². The quantitative estimate of drug-likeness (QED) is 0.768. The molecule has 84 valence electrons. The van der Waals surface area contributed by atoms with Gasteiger partial charge >= 0.3 is 0 Å². The van der Waals surface area contributed by atoms with Gasteiger partial charge in [0.1, 0.15) is 5.82 Å². The summed E-state index contributed by atoms with van der Waals surface area (Å²) in [6.45, 7) is 4.31. The third kappa shape index (κ3) is 2.38. The first-order chi connectivity index (χ1) is 7.16. The average Bonchev–Trinajstić information content (AvgIpc) is 2.68. The third-order valence-electron chi connectivity index (χ3n) is 3.20. The van der Waals surface area contributed by atoms with Gasteiger partial charge in [-0.05, 0) is 39.9 Å². The summed E-state index contributed by atoms with van der Waals surface area (Å²) in [5, 5.41) is 0. The Labute approximate surface area is 90.9 Å². The first kappa shape index (κ1) is 10.6. The first-order valence-electron chi connectivity index (χ1n) is 5.65. The SMILES string of the molecule is CC(N)c1ncc(C2CCN(C)CC2)[nH]1. The molecule has 2 rings (SSSR count). The Balaban J connectivity index is 2.03. The summed E-state index contributed by atoms with van der Waals surface area (Å²) in [7, 11) is 2.18. The lowest BCUT2D eigenvalue weighted by atomic mass is 9.94. The highest BCUT2D eigenvalue weighted by molar-refractivity contribution is 5.10. The summed E-state index contributed by atoms with van der Waals surface area (Å²) in [4.78, 5) is 10.0. The monoisotopic (exact) mass is 208 g/mol. The van der Waals surface area contributed by atoms with E-state index < -0.39 is 0 Å². The lowest BCUT2D eigenvalue weighted by molar-refractivity contribution is 0.253. The number of nitrogens with zero attached hydrogens (tertiary/aromatic N) is 2. The fraction of sp³-hybridized carbons (Fsp3) is 0.727. The molecule has 0 spiro atoms. The van der Waals surface area contributed by atoms with Crippen molar-refractivity contribution in [3.63, 3.8) is 0 Å². The highest BCUT2D eigenvalue weighted by atomic mass is 15.1. The molecule has 1 unspecified atom stereocenters. The minimum atomic E-state index is 0.00464. The predicted octanol–water partition coefficient (Wildman–Crippen LogP) is 1.24. The highest BCUT2D eigenvalue weighted by Crippen LogP contribution is 2.26. The van der Waals surface area contributed by atoms with Gasteiger partial charge in [0.2, 0.25) is 0 Å². The van der Waals surface area contributed by atoms with Crippen LogP contribution in [0, 0.1) is 0 Å². The van der Waals surface area contributed by atoms with Crippen LogP contribution >= 0.6 is 0 Å². The van der Waals surface area contributed by atoms with Gasteiger partial charge in [-0.25, -0.2) is 4.98 Å². The van der Waals surface area contributed by atoms with Crippen molar-refractivity contribution in [3.05, 3.63) is 17.7 Å². The average molecular weight is 208 g/mol. The molecule has 15 heavy (non-hydrogen) atoms. The van der Waals surface area contributed by atoms with Crippen molar-refractivity contribution >= 4 is 0 Å². The van der Waals surface area contributed by atoms with Crippen molar-refractivity contribution < 1.29 is 0 Å². The van der Waals surface area contributed by atoms with E-state index in [1.807, 2.05) is 13.1 Å². The van der Waals surface area contributed by atoms with E-state index in [2.05, 4.69) is 21.9 Å². The van der Waals surface area contributed by atoms with Crippen LogP contribution in [0.25, 0.3) is 0 Å². The minimum absolute atomic E-state index is 0.00464. The van der Waals surface area contributed by atoms with E-state index >= 15 is 0 Å². The maximum Gasteiger partial charge on any atom is 0.122 e. The maximum absolute atomic E-state index is 5.78. The normalized spacial score (nSPS) is 21.8. The zero-order valence-corrected chi connectivity index (χ0v) is 9.53. The van der Waals surface area contributed by atoms with Gasteiger partial charge in [-0.15, -0.1) is 0 Å². The topological polar surface area (TPSA) is 57.9 Å². The zero-order chi connectivity index (χ0) is 10.8. The second kappa shape index (κ2) is 4.33. The number of likely N-dealkylation sites (tertiary alicyclic amines) is 1. The van der Waals surface area contributed by atoms with Gasteiger partial charge in [0.25, 0.3) is 0 Å². The molecule has 0 aromatic carbocycles. The first-order valence-corrected chi connectivity index (χ1v) is 5.65. The van der Waals surface area contributed by atoms with Gasteiger partial charge in [0.15, 0.2) is 0 Å². The summed E-state index contributed by atoms with van der Waals surface area (Å²) < 4.78 is 0. The summed E-state index contributed by atoms with van der Waals surface area (Å²) in [6, 6.07) is 0.00464. The number of aromatic nitrogens is 2. The summed E-state index contributed by atoms with van der Waals surface area (Å²) in [5.41, 5.74) is 7.04. The van der Waals surface area contributed by atoms with Gasteiger partial charge < -0.3 is 15.6 Å². The van der Waals surface area contributed by atoms with Crippen LogP contribution in [0.1, 0.15) is 43.2 Å². The molecule has 0 saturated carbocycles. The molecule has 1 aliphatic heterocycles. The Bertz CT molecular complexity index is 310. The van der Waals surface area contributed by atoms with Crippen molar-refractivity contribution in [2.75, 3.05) is 20.1 Å². The van der Waals surface area contributed by atoms with E-state index in [-0.39, 0.29) is 6.04 Å². The van der Waals surface area contributed by atoms with Crippen molar-refractivity contribution in [1.82, 2.24) is 14.9 Å². The Kier molecular flexibility index (Phi) is 3.07. The molecule has 0 aliphatic carbocycles. The van der Waals surface area contributed by atoms with E-state index in [9.17, 15) is 0 Å². The number of hydrogen-bond donors (Lipinski definition) is 2. The number of hydrogen-bond acceptors (Lipinski definition) is 3. The standard InChI is InChI=1S/C11H20N4/c1-8(12)11-13-7-10(14-11)9-3-5-15(2)6-4-9/h7-9H,3-6,12H2,1-2H3,(H,13,14). The summed E-state index contributed by atoms with van der Waals surface area (Å²) in [5.74, 6) is 1.55. The molecule has 1 aromatic heterocycles. The van der Waals surface area contributed by atoms with Crippen LogP contribution < -0.4 is 5.73 Å². The fourth-order valence-electron chi connectivity index (χ4n) is 2.11. The van der Waals surface area contributed by atoms with Gasteiger partial charge in [-0.1, -0.05) is 0 Å². The van der Waals surface area contributed by atoms with Crippen molar-refractivity contribution in [2.24, 2.45) is 5.73 Å². The molecule has 4 heteroatoms. The van der Waals surface area contributed by atoms with Crippen LogP contribution in [-0.4, -0.2) is 35.0 Å². The van der Waals surface area contributed by atoms with Gasteiger partial charge in [-0.3, -0.25) is 0 Å². The van der Waals surface area contributed by atoms with Crippen LogP contribution in [0.15, 0.2) is 6.20 Å². The highest BCUT2D eigenvalue weighted by Gasteiger charge is 2.20. The number of rotatable bonds is 2. The summed E-state index contributed by atoms with van der Waals surface area (Å²) >= 11 is 0. The zero-order valence-electron chi connectivity index (χ0n) is 9.53. The lowest BCUT2D eigenvalue weighted by Crippen LogP contribution is -2.29. The van der Waals surface area contributed by atoms with E-state index in [4.69, 9.17) is 5.73 Å². The van der Waals surface area contributed by atoms with Crippen molar-refractivity contribution in [1.29, 1.82) is 0 Å². The van der Waals surface area contributed by atoms with E-state index in [0.29, 0.717) is 5.92 Å². The summed E-state index contributed by atoms with van der Waals surface area (Å²) in [6.07, 6.45) is 4.39. The third-order valence-corrected chi connectivity index (χ3v) is 3.20. The Hall–Kier alpha value is -0.870. The van der Waals surface area contributed by atoms with Crippen LogP contribution in [-0.2, 0) is 0 Å².